The van der Waals surface area contributed by atoms with Gasteiger partial charge in [-0.05, 0) is 64.1 Å². The van der Waals surface area contributed by atoms with Crippen LogP contribution in [0.1, 0.15) is 37.7 Å². The highest BCUT2D eigenvalue weighted by atomic mass is 19.1. The van der Waals surface area contributed by atoms with Crippen LogP contribution in [0.25, 0.3) is 22.2 Å². The van der Waals surface area contributed by atoms with Crippen molar-refractivity contribution in [3.63, 3.8) is 0 Å². The van der Waals surface area contributed by atoms with Crippen LogP contribution in [0, 0.1) is 12.7 Å². The smallest absolute Gasteiger partial charge is 0.147 e. The predicted molar refractivity (Wildman–Crippen MR) is 149 cm³/mol. The lowest BCUT2D eigenvalue weighted by Crippen LogP contribution is -2.49. The van der Waals surface area contributed by atoms with Crippen LogP contribution in [0.5, 0.6) is 0 Å². The third kappa shape index (κ3) is 5.04. The number of pyridine rings is 1. The predicted octanol–water partition coefficient (Wildman–Crippen LogP) is 5.79. The largest absolute Gasteiger partial charge is 0.353 e. The number of allylic oxidation sites excluding steroid dienone is 4. The molecule has 0 aliphatic carbocycles. The van der Waals surface area contributed by atoms with Gasteiger partial charge in [0.2, 0.25) is 0 Å². The van der Waals surface area contributed by atoms with Crippen molar-refractivity contribution in [1.82, 2.24) is 24.8 Å². The van der Waals surface area contributed by atoms with E-state index >= 15 is 0 Å². The average molecular weight is 497 g/mol. The van der Waals surface area contributed by atoms with Gasteiger partial charge >= 0.3 is 0 Å². The Morgan fingerprint density at radius 1 is 1.08 bits per heavy atom. The Morgan fingerprint density at radius 2 is 1.86 bits per heavy atom. The molecule has 5 rings (SSSR count). The van der Waals surface area contributed by atoms with Crippen LogP contribution < -0.4 is 4.90 Å². The molecular weight excluding hydrogens is 463 g/mol. The van der Waals surface area contributed by atoms with Crippen molar-refractivity contribution in [2.75, 3.05) is 31.1 Å². The Hall–Kier alpha value is -3.84. The zero-order valence-corrected chi connectivity index (χ0v) is 21.9. The molecule has 7 heteroatoms. The van der Waals surface area contributed by atoms with Gasteiger partial charge < -0.3 is 9.80 Å². The Balaban J connectivity index is 1.35. The molecule has 0 saturated carbocycles. The molecule has 0 amide bonds. The molecule has 1 saturated heterocycles. The van der Waals surface area contributed by atoms with Gasteiger partial charge in [0.15, 0.2) is 0 Å². The van der Waals surface area contributed by atoms with Crippen LogP contribution in [-0.2, 0) is 0 Å². The van der Waals surface area contributed by atoms with Gasteiger partial charge in [-0.3, -0.25) is 14.9 Å². The van der Waals surface area contributed by atoms with Crippen LogP contribution in [-0.4, -0.2) is 57.0 Å². The molecule has 2 aliphatic heterocycles. The Bertz CT molecular complexity index is 1410. The number of anilines is 1. The maximum atomic E-state index is 14.1. The van der Waals surface area contributed by atoms with Crippen molar-refractivity contribution in [2.45, 2.75) is 33.7 Å². The quantitative estimate of drug-likeness (QED) is 0.446. The monoisotopic (exact) mass is 496 g/mol. The molecule has 190 valence electrons. The number of aromatic nitrogens is 3. The summed E-state index contributed by atoms with van der Waals surface area (Å²) in [5.74, 6) is 0.630. The van der Waals surface area contributed by atoms with Gasteiger partial charge in [0.05, 0.1) is 23.6 Å². The average Bonchev–Trinajstić information content (AvgIpc) is 2.90. The van der Waals surface area contributed by atoms with Gasteiger partial charge in [-0.2, -0.15) is 0 Å². The second-order valence-electron chi connectivity index (χ2n) is 9.80. The van der Waals surface area contributed by atoms with E-state index in [0.717, 1.165) is 76.8 Å². The zero-order chi connectivity index (χ0) is 26.1. The van der Waals surface area contributed by atoms with Crippen LogP contribution in [0.15, 0.2) is 73.4 Å². The lowest BCUT2D eigenvalue weighted by Gasteiger charge is -2.37. The molecule has 2 aliphatic rings. The highest BCUT2D eigenvalue weighted by Gasteiger charge is 2.21. The van der Waals surface area contributed by atoms with Gasteiger partial charge in [-0.15, -0.1) is 0 Å². The Morgan fingerprint density at radius 3 is 2.51 bits per heavy atom. The van der Waals surface area contributed by atoms with E-state index in [4.69, 9.17) is 9.97 Å². The molecule has 0 atom stereocenters. The van der Waals surface area contributed by atoms with Crippen molar-refractivity contribution in [3.8, 4) is 0 Å². The number of aryl methyl sites for hydroxylation is 1. The van der Waals surface area contributed by atoms with E-state index in [9.17, 15) is 4.39 Å². The first-order valence-electron chi connectivity index (χ1n) is 12.8. The number of benzene rings is 1. The molecule has 0 bridgehead atoms. The summed E-state index contributed by atoms with van der Waals surface area (Å²) in [4.78, 5) is 20.8. The molecule has 37 heavy (non-hydrogen) atoms. The van der Waals surface area contributed by atoms with Crippen LogP contribution in [0.4, 0.5) is 10.2 Å². The van der Waals surface area contributed by atoms with E-state index in [1.54, 1.807) is 6.07 Å². The summed E-state index contributed by atoms with van der Waals surface area (Å²) in [5.41, 5.74) is 6.00. The first-order chi connectivity index (χ1) is 17.8. The first-order valence-corrected chi connectivity index (χ1v) is 12.8. The minimum absolute atomic E-state index is 0.283. The second-order valence-corrected chi connectivity index (χ2v) is 9.80. The molecular formula is C30H33FN6. The number of hydrogen-bond acceptors (Lipinski definition) is 6. The van der Waals surface area contributed by atoms with E-state index in [2.05, 4.69) is 35.2 Å². The first kappa shape index (κ1) is 24.8. The van der Waals surface area contributed by atoms with Crippen molar-refractivity contribution in [1.29, 1.82) is 0 Å². The number of halogens is 1. The number of nitrogens with zero attached hydrogens (tertiary/aromatic N) is 6. The highest BCUT2D eigenvalue weighted by molar-refractivity contribution is 5.92. The topological polar surface area (TPSA) is 48.4 Å². The lowest BCUT2D eigenvalue weighted by atomic mass is 10.0. The van der Waals surface area contributed by atoms with Crippen molar-refractivity contribution >= 4 is 28.0 Å². The summed E-state index contributed by atoms with van der Waals surface area (Å²) in [5, 5.41) is 0.769. The van der Waals surface area contributed by atoms with Gasteiger partial charge in [-0.1, -0.05) is 12.7 Å². The number of rotatable bonds is 5. The molecule has 0 radical (unpaired) electrons. The van der Waals surface area contributed by atoms with E-state index in [1.165, 1.54) is 12.1 Å². The van der Waals surface area contributed by atoms with Crippen molar-refractivity contribution in [2.24, 2.45) is 0 Å². The number of hydrogen-bond donors (Lipinski definition) is 0. The molecule has 0 spiro atoms. The Kier molecular flexibility index (Phi) is 6.89. The summed E-state index contributed by atoms with van der Waals surface area (Å²) in [6.45, 7) is 16.7. The molecule has 1 aromatic carbocycles. The molecule has 2 aromatic heterocycles. The zero-order valence-electron chi connectivity index (χ0n) is 21.9. The SMILES string of the molecule is C=C1C=C(c2cnc(N3CCN(C(C)C)CC3)cn2)C=CN1/C(=C\C)c1cc(C)nc2ccc(F)cc12. The molecule has 3 aromatic rings. The van der Waals surface area contributed by atoms with E-state index in [-0.39, 0.29) is 5.82 Å². The molecule has 4 heterocycles. The number of fused-ring (bicyclic) bond motifs is 1. The van der Waals surface area contributed by atoms with Gasteiger partial charge in [0.1, 0.15) is 11.6 Å². The maximum Gasteiger partial charge on any atom is 0.147 e. The van der Waals surface area contributed by atoms with Crippen LogP contribution in [0.3, 0.4) is 0 Å². The second kappa shape index (κ2) is 10.3. The summed E-state index contributed by atoms with van der Waals surface area (Å²) in [7, 11) is 0. The molecule has 1 fully saturated rings. The van der Waals surface area contributed by atoms with Gasteiger partial charge in [0, 0.05) is 72.0 Å². The third-order valence-corrected chi connectivity index (χ3v) is 7.04. The van der Waals surface area contributed by atoms with Crippen molar-refractivity contribution < 1.29 is 4.39 Å². The van der Waals surface area contributed by atoms with Crippen LogP contribution >= 0.6 is 0 Å². The van der Waals surface area contributed by atoms with Gasteiger partial charge in [-0.25, -0.2) is 9.37 Å². The standard InChI is InChI=1S/C30H33FN6/c1-6-29(26-15-21(4)34-27-8-7-24(31)17-25(26)27)37-10-9-23(16-22(37)5)28-18-33-30(19-32-28)36-13-11-35(12-14-36)20(2)3/h6-10,15-20H,5,11-14H2,1-4H3/b29-6-. The minimum atomic E-state index is -0.283. The van der Waals surface area contributed by atoms with E-state index < -0.39 is 0 Å². The lowest BCUT2D eigenvalue weighted by molar-refractivity contribution is 0.209. The summed E-state index contributed by atoms with van der Waals surface area (Å²) >= 11 is 0. The summed E-state index contributed by atoms with van der Waals surface area (Å²) < 4.78 is 14.1. The minimum Gasteiger partial charge on any atom is -0.353 e. The normalized spacial score (nSPS) is 17.2. The maximum absolute atomic E-state index is 14.1. The fourth-order valence-electron chi connectivity index (χ4n) is 5.01. The van der Waals surface area contributed by atoms with Crippen LogP contribution in [0.2, 0.25) is 0 Å². The summed E-state index contributed by atoms with van der Waals surface area (Å²) in [6.07, 6.45) is 11.7. The number of piperazine rings is 1. The summed E-state index contributed by atoms with van der Waals surface area (Å²) in [6, 6.07) is 7.26. The fraction of sp³-hybridized carbons (Fsp3) is 0.300. The Labute approximate surface area is 218 Å². The van der Waals surface area contributed by atoms with E-state index in [0.29, 0.717) is 6.04 Å². The fourth-order valence-corrected chi connectivity index (χ4v) is 5.01. The highest BCUT2D eigenvalue weighted by Crippen LogP contribution is 2.34. The van der Waals surface area contributed by atoms with Crippen molar-refractivity contribution in [3.05, 3.63) is 96.1 Å². The van der Waals surface area contributed by atoms with Gasteiger partial charge in [0.25, 0.3) is 0 Å². The molecule has 6 nitrogen and oxygen atoms in total. The van der Waals surface area contributed by atoms with E-state index in [1.807, 2.05) is 61.6 Å². The third-order valence-electron chi connectivity index (χ3n) is 7.04. The molecule has 0 unspecified atom stereocenters. The molecule has 0 N–H and O–H groups in total.